The molecule has 0 aliphatic rings. The van der Waals surface area contributed by atoms with Crippen molar-refractivity contribution in [3.05, 3.63) is 29.8 Å². The molecule has 0 aromatic heterocycles. The van der Waals surface area contributed by atoms with Gasteiger partial charge in [-0.15, -0.1) is 0 Å². The molecule has 1 unspecified atom stereocenters. The summed E-state index contributed by atoms with van der Waals surface area (Å²) in [4.78, 5) is 44.3. The van der Waals surface area contributed by atoms with Gasteiger partial charge in [-0.3, -0.25) is 14.4 Å². The monoisotopic (exact) mass is 294 g/mol. The lowest BCUT2D eigenvalue weighted by atomic mass is 10.1. The van der Waals surface area contributed by atoms with E-state index in [2.05, 4.69) is 10.6 Å². The van der Waals surface area contributed by atoms with Crippen LogP contribution in [0.1, 0.15) is 23.7 Å². The van der Waals surface area contributed by atoms with Gasteiger partial charge in [0.15, 0.2) is 0 Å². The number of carboxylic acids is 2. The Morgan fingerprint density at radius 3 is 2.38 bits per heavy atom. The number of anilines is 1. The number of rotatable bonds is 6. The lowest BCUT2D eigenvalue weighted by Crippen LogP contribution is -2.42. The molecule has 0 bridgehead atoms. The molecule has 2 amide bonds. The van der Waals surface area contributed by atoms with Gasteiger partial charge in [0.05, 0.1) is 6.42 Å². The summed E-state index contributed by atoms with van der Waals surface area (Å²) >= 11 is 0. The normalized spacial score (nSPS) is 11.3. The zero-order valence-corrected chi connectivity index (χ0v) is 11.1. The predicted molar refractivity (Wildman–Crippen MR) is 71.9 cm³/mol. The maximum atomic E-state index is 11.9. The third-order valence-corrected chi connectivity index (χ3v) is 2.43. The van der Waals surface area contributed by atoms with Crippen molar-refractivity contribution in [3.8, 4) is 0 Å². The Kier molecular flexibility index (Phi) is 5.41. The Bertz CT molecular complexity index is 584. The van der Waals surface area contributed by atoms with Crippen molar-refractivity contribution in [1.29, 1.82) is 0 Å². The molecule has 1 aromatic rings. The quantitative estimate of drug-likeness (QED) is 0.596. The second-order valence-electron chi connectivity index (χ2n) is 4.22. The predicted octanol–water partition coefficient (Wildman–Crippen LogP) is 0.303. The minimum absolute atomic E-state index is 0.109. The molecule has 1 rings (SSSR count). The number of carbonyl (C=O) groups is 4. The van der Waals surface area contributed by atoms with E-state index in [4.69, 9.17) is 10.2 Å². The van der Waals surface area contributed by atoms with E-state index in [0.29, 0.717) is 5.69 Å². The first-order valence-electron chi connectivity index (χ1n) is 5.92. The molecule has 8 heteroatoms. The molecule has 0 radical (unpaired) electrons. The Balaban J connectivity index is 2.84. The van der Waals surface area contributed by atoms with Crippen LogP contribution in [-0.4, -0.2) is 40.0 Å². The van der Waals surface area contributed by atoms with E-state index in [-0.39, 0.29) is 11.5 Å². The zero-order chi connectivity index (χ0) is 16.0. The summed E-state index contributed by atoms with van der Waals surface area (Å²) in [5.74, 6) is -3.84. The minimum Gasteiger partial charge on any atom is -0.481 e. The number of nitrogens with one attached hydrogen (secondary N) is 2. The van der Waals surface area contributed by atoms with Crippen molar-refractivity contribution in [1.82, 2.24) is 5.32 Å². The molecule has 0 aliphatic carbocycles. The van der Waals surface area contributed by atoms with Gasteiger partial charge in [-0.05, 0) is 18.2 Å². The van der Waals surface area contributed by atoms with Gasteiger partial charge in [-0.1, -0.05) is 6.07 Å². The number of aliphatic carboxylic acids is 2. The van der Waals surface area contributed by atoms with Crippen LogP contribution in [0.2, 0.25) is 0 Å². The van der Waals surface area contributed by atoms with Crippen LogP contribution >= 0.6 is 0 Å². The fourth-order valence-electron chi connectivity index (χ4n) is 1.56. The maximum absolute atomic E-state index is 11.9. The molecule has 4 N–H and O–H groups in total. The van der Waals surface area contributed by atoms with Crippen molar-refractivity contribution in [2.75, 3.05) is 5.32 Å². The summed E-state index contributed by atoms with van der Waals surface area (Å²) in [5, 5.41) is 22.0. The number of carbonyl (C=O) groups excluding carboxylic acids is 2. The van der Waals surface area contributed by atoms with Crippen LogP contribution in [0.4, 0.5) is 5.69 Å². The van der Waals surface area contributed by atoms with Crippen molar-refractivity contribution in [2.45, 2.75) is 19.4 Å². The highest BCUT2D eigenvalue weighted by molar-refractivity contribution is 5.99. The number of carboxylic acid groups (broad SMARTS) is 2. The average Bonchev–Trinajstić information content (AvgIpc) is 2.36. The van der Waals surface area contributed by atoms with Crippen LogP contribution in [0.15, 0.2) is 24.3 Å². The number of amides is 2. The van der Waals surface area contributed by atoms with E-state index < -0.39 is 30.3 Å². The van der Waals surface area contributed by atoms with E-state index in [0.717, 1.165) is 0 Å². The van der Waals surface area contributed by atoms with Gasteiger partial charge in [-0.25, -0.2) is 4.79 Å². The smallest absolute Gasteiger partial charge is 0.326 e. The van der Waals surface area contributed by atoms with Crippen LogP contribution in [0.25, 0.3) is 0 Å². The summed E-state index contributed by atoms with van der Waals surface area (Å²) in [7, 11) is 0. The molecule has 1 atom stereocenters. The SMILES string of the molecule is CC(=O)Nc1cccc(C(=O)NC(CC(=O)O)C(=O)O)c1. The maximum Gasteiger partial charge on any atom is 0.326 e. The van der Waals surface area contributed by atoms with Crippen LogP contribution < -0.4 is 10.6 Å². The lowest BCUT2D eigenvalue weighted by Gasteiger charge is -2.13. The first-order chi connectivity index (χ1) is 9.79. The fraction of sp³-hybridized carbons (Fsp3) is 0.231. The Morgan fingerprint density at radius 1 is 1.19 bits per heavy atom. The zero-order valence-electron chi connectivity index (χ0n) is 11.1. The largest absolute Gasteiger partial charge is 0.481 e. The topological polar surface area (TPSA) is 133 Å². The Hall–Kier alpha value is -2.90. The van der Waals surface area contributed by atoms with Gasteiger partial charge in [0.25, 0.3) is 5.91 Å². The summed E-state index contributed by atoms with van der Waals surface area (Å²) in [6, 6.07) is 4.31. The third kappa shape index (κ3) is 5.31. The molecule has 112 valence electrons. The van der Waals surface area contributed by atoms with Crippen molar-refractivity contribution in [2.24, 2.45) is 0 Å². The molecule has 0 saturated carbocycles. The van der Waals surface area contributed by atoms with Gasteiger partial charge < -0.3 is 20.8 Å². The van der Waals surface area contributed by atoms with Gasteiger partial charge in [-0.2, -0.15) is 0 Å². The molecule has 0 saturated heterocycles. The second kappa shape index (κ2) is 7.04. The van der Waals surface area contributed by atoms with E-state index in [1.54, 1.807) is 6.07 Å². The number of hydrogen-bond acceptors (Lipinski definition) is 4. The van der Waals surface area contributed by atoms with Crippen LogP contribution in [0.3, 0.4) is 0 Å². The molecule has 1 aromatic carbocycles. The highest BCUT2D eigenvalue weighted by Gasteiger charge is 2.23. The molecular weight excluding hydrogens is 280 g/mol. The lowest BCUT2D eigenvalue weighted by molar-refractivity contribution is -0.145. The van der Waals surface area contributed by atoms with Crippen LogP contribution in [-0.2, 0) is 14.4 Å². The highest BCUT2D eigenvalue weighted by Crippen LogP contribution is 2.11. The number of hydrogen-bond donors (Lipinski definition) is 4. The molecule has 0 fully saturated rings. The molecule has 0 aliphatic heterocycles. The molecular formula is C13H14N2O6. The molecule has 21 heavy (non-hydrogen) atoms. The molecule has 0 heterocycles. The second-order valence-corrected chi connectivity index (χ2v) is 4.22. The van der Waals surface area contributed by atoms with E-state index >= 15 is 0 Å². The van der Waals surface area contributed by atoms with Crippen molar-refractivity contribution < 1.29 is 29.4 Å². The van der Waals surface area contributed by atoms with E-state index in [1.165, 1.54) is 25.1 Å². The van der Waals surface area contributed by atoms with Crippen molar-refractivity contribution >= 4 is 29.4 Å². The van der Waals surface area contributed by atoms with Gasteiger partial charge in [0, 0.05) is 18.2 Å². The first-order valence-corrected chi connectivity index (χ1v) is 5.92. The standard InChI is InChI=1S/C13H14N2O6/c1-7(16)14-9-4-2-3-8(5-9)12(19)15-10(13(20)21)6-11(17)18/h2-5,10H,6H2,1H3,(H,14,16)(H,15,19)(H,17,18)(H,20,21). The van der Waals surface area contributed by atoms with E-state index in [1.807, 2.05) is 0 Å². The minimum atomic E-state index is -1.53. The van der Waals surface area contributed by atoms with E-state index in [9.17, 15) is 19.2 Å². The molecule has 0 spiro atoms. The number of benzene rings is 1. The van der Waals surface area contributed by atoms with Gasteiger partial charge in [0.2, 0.25) is 5.91 Å². The Labute approximate surface area is 119 Å². The fourth-order valence-corrected chi connectivity index (χ4v) is 1.56. The molecule has 8 nitrogen and oxygen atoms in total. The van der Waals surface area contributed by atoms with Gasteiger partial charge >= 0.3 is 11.9 Å². The summed E-state index contributed by atoms with van der Waals surface area (Å²) in [6.07, 6.45) is -0.730. The third-order valence-electron chi connectivity index (χ3n) is 2.43. The summed E-state index contributed by atoms with van der Waals surface area (Å²) in [5.41, 5.74) is 0.484. The van der Waals surface area contributed by atoms with Crippen LogP contribution in [0, 0.1) is 0 Å². The van der Waals surface area contributed by atoms with Crippen molar-refractivity contribution in [3.63, 3.8) is 0 Å². The first kappa shape index (κ1) is 16.2. The van der Waals surface area contributed by atoms with Crippen LogP contribution in [0.5, 0.6) is 0 Å². The summed E-state index contributed by atoms with van der Waals surface area (Å²) < 4.78 is 0. The average molecular weight is 294 g/mol. The summed E-state index contributed by atoms with van der Waals surface area (Å²) in [6.45, 7) is 1.31. The highest BCUT2D eigenvalue weighted by atomic mass is 16.4. The Morgan fingerprint density at radius 2 is 1.86 bits per heavy atom. The van der Waals surface area contributed by atoms with Gasteiger partial charge in [0.1, 0.15) is 6.04 Å².